The average molecular weight is 475 g/mol. The highest BCUT2D eigenvalue weighted by molar-refractivity contribution is 14.0. The van der Waals surface area contributed by atoms with Gasteiger partial charge in [0.2, 0.25) is 0 Å². The molecule has 1 atom stereocenters. The van der Waals surface area contributed by atoms with Crippen LogP contribution < -0.4 is 15.8 Å². The minimum absolute atomic E-state index is 0. The Kier molecular flexibility index (Phi) is 9.28. The first kappa shape index (κ1) is 21.8. The summed E-state index contributed by atoms with van der Waals surface area (Å²) in [6.07, 6.45) is -2.46. The molecule has 3 N–H and O–H groups in total. The lowest BCUT2D eigenvalue weighted by atomic mass is 10.2. The van der Waals surface area contributed by atoms with Gasteiger partial charge in [0.05, 0.1) is 25.9 Å². The second kappa shape index (κ2) is 10.7. The number of hydrogen-bond acceptors (Lipinski definition) is 4. The number of nitrogens with zero attached hydrogens (tertiary/aromatic N) is 1. The van der Waals surface area contributed by atoms with Gasteiger partial charge in [-0.05, 0) is 37.1 Å². The number of nitrogens with two attached hydrogens (primary N) is 1. The van der Waals surface area contributed by atoms with E-state index in [0.717, 1.165) is 19.4 Å². The lowest BCUT2D eigenvalue weighted by Gasteiger charge is -2.10. The molecule has 1 aliphatic heterocycles. The smallest absolute Gasteiger partial charge is 0.406 e. The van der Waals surface area contributed by atoms with Crippen LogP contribution in [0.25, 0.3) is 0 Å². The van der Waals surface area contributed by atoms with Gasteiger partial charge < -0.3 is 25.3 Å². The molecule has 1 saturated heterocycles. The van der Waals surface area contributed by atoms with Crippen LogP contribution in [0.1, 0.15) is 12.8 Å². The van der Waals surface area contributed by atoms with E-state index in [1.165, 1.54) is 24.3 Å². The standard InChI is InChI=1S/C15H20F3N3O3.HI/c16-15(17,18)24-12-5-3-11(4-6-12)21-14(19)20-7-9-22-10-13-2-1-8-23-13;/h3-6,13H,1-2,7-10H2,(H3,19,20,21);1H. The van der Waals surface area contributed by atoms with Gasteiger partial charge in [0.15, 0.2) is 5.96 Å². The number of nitrogens with one attached hydrogen (secondary N) is 1. The first-order valence-electron chi connectivity index (χ1n) is 7.54. The Labute approximate surface area is 160 Å². The van der Waals surface area contributed by atoms with Crippen molar-refractivity contribution in [1.82, 2.24) is 0 Å². The van der Waals surface area contributed by atoms with Gasteiger partial charge in [-0.2, -0.15) is 0 Å². The highest BCUT2D eigenvalue weighted by Crippen LogP contribution is 2.23. The van der Waals surface area contributed by atoms with Crippen LogP contribution in [0, 0.1) is 0 Å². The molecule has 0 radical (unpaired) electrons. The molecule has 1 aromatic rings. The molecule has 10 heteroatoms. The van der Waals surface area contributed by atoms with E-state index in [4.69, 9.17) is 15.2 Å². The Morgan fingerprint density at radius 1 is 1.32 bits per heavy atom. The Morgan fingerprint density at radius 3 is 2.64 bits per heavy atom. The zero-order chi connectivity index (χ0) is 17.4. The second-order valence-corrected chi connectivity index (χ2v) is 5.17. The van der Waals surface area contributed by atoms with E-state index in [2.05, 4.69) is 15.0 Å². The number of alkyl halides is 3. The molecule has 0 bridgehead atoms. The van der Waals surface area contributed by atoms with Crippen LogP contribution in [0.3, 0.4) is 0 Å². The maximum atomic E-state index is 12.1. The van der Waals surface area contributed by atoms with Gasteiger partial charge in [0.25, 0.3) is 0 Å². The summed E-state index contributed by atoms with van der Waals surface area (Å²) >= 11 is 0. The van der Waals surface area contributed by atoms with E-state index < -0.39 is 6.36 Å². The minimum Gasteiger partial charge on any atom is -0.406 e. The molecular weight excluding hydrogens is 454 g/mol. The predicted molar refractivity (Wildman–Crippen MR) is 98.4 cm³/mol. The van der Waals surface area contributed by atoms with Gasteiger partial charge in [-0.1, -0.05) is 0 Å². The van der Waals surface area contributed by atoms with E-state index in [-0.39, 0.29) is 41.8 Å². The summed E-state index contributed by atoms with van der Waals surface area (Å²) in [5.41, 5.74) is 6.20. The highest BCUT2D eigenvalue weighted by Gasteiger charge is 2.30. The molecular formula is C15H21F3IN3O3. The maximum Gasteiger partial charge on any atom is 0.573 e. The molecule has 0 saturated carbocycles. The predicted octanol–water partition coefficient (Wildman–Crippen LogP) is 3.13. The van der Waals surface area contributed by atoms with Gasteiger partial charge in [-0.15, -0.1) is 37.1 Å². The fraction of sp³-hybridized carbons (Fsp3) is 0.533. The summed E-state index contributed by atoms with van der Waals surface area (Å²) in [5, 5.41) is 2.77. The van der Waals surface area contributed by atoms with Crippen molar-refractivity contribution < 1.29 is 27.4 Å². The zero-order valence-electron chi connectivity index (χ0n) is 13.4. The Hall–Kier alpha value is -1.27. The number of anilines is 1. The van der Waals surface area contributed by atoms with Crippen molar-refractivity contribution in [3.8, 4) is 5.75 Å². The molecule has 2 rings (SSSR count). The lowest BCUT2D eigenvalue weighted by Crippen LogP contribution is -2.23. The van der Waals surface area contributed by atoms with Crippen LogP contribution in [0.5, 0.6) is 5.75 Å². The first-order chi connectivity index (χ1) is 11.4. The fourth-order valence-electron chi connectivity index (χ4n) is 2.15. The molecule has 142 valence electrons. The number of halogens is 4. The highest BCUT2D eigenvalue weighted by atomic mass is 127. The van der Waals surface area contributed by atoms with Crippen LogP contribution >= 0.6 is 24.0 Å². The van der Waals surface area contributed by atoms with Gasteiger partial charge >= 0.3 is 6.36 Å². The molecule has 0 amide bonds. The summed E-state index contributed by atoms with van der Waals surface area (Å²) < 4.78 is 50.8. The van der Waals surface area contributed by atoms with Gasteiger partial charge in [0, 0.05) is 12.3 Å². The van der Waals surface area contributed by atoms with Gasteiger partial charge in [-0.3, -0.25) is 4.99 Å². The molecule has 1 aliphatic rings. The van der Waals surface area contributed by atoms with E-state index in [0.29, 0.717) is 25.4 Å². The second-order valence-electron chi connectivity index (χ2n) is 5.17. The van der Waals surface area contributed by atoms with Crippen molar-refractivity contribution >= 4 is 35.6 Å². The third-order valence-corrected chi connectivity index (χ3v) is 3.21. The van der Waals surface area contributed by atoms with Crippen molar-refractivity contribution in [2.24, 2.45) is 10.7 Å². The molecule has 0 aliphatic carbocycles. The summed E-state index contributed by atoms with van der Waals surface area (Å²) in [5.74, 6) is -0.147. The Morgan fingerprint density at radius 2 is 2.04 bits per heavy atom. The van der Waals surface area contributed by atoms with E-state index in [9.17, 15) is 13.2 Å². The Bertz CT molecular complexity index is 535. The minimum atomic E-state index is -4.71. The average Bonchev–Trinajstić information content (AvgIpc) is 3.01. The number of ether oxygens (including phenoxy) is 3. The summed E-state index contributed by atoms with van der Waals surface area (Å²) in [4.78, 5) is 4.07. The van der Waals surface area contributed by atoms with Crippen molar-refractivity contribution in [2.75, 3.05) is 31.7 Å². The van der Waals surface area contributed by atoms with Crippen LogP contribution in [0.4, 0.5) is 18.9 Å². The maximum absolute atomic E-state index is 12.1. The lowest BCUT2D eigenvalue weighted by molar-refractivity contribution is -0.274. The molecule has 1 heterocycles. The molecule has 0 spiro atoms. The van der Waals surface area contributed by atoms with Crippen LogP contribution in [-0.2, 0) is 9.47 Å². The topological polar surface area (TPSA) is 78.1 Å². The quantitative estimate of drug-likeness (QED) is 0.274. The SMILES string of the molecule is I.NC(=NCCOCC1CCCO1)Nc1ccc(OC(F)(F)F)cc1. The molecule has 1 aromatic carbocycles. The van der Waals surface area contributed by atoms with Crippen LogP contribution in [0.15, 0.2) is 29.3 Å². The number of rotatable bonds is 7. The van der Waals surface area contributed by atoms with Gasteiger partial charge in [-0.25, -0.2) is 0 Å². The number of guanidine groups is 1. The van der Waals surface area contributed by atoms with E-state index >= 15 is 0 Å². The molecule has 6 nitrogen and oxygen atoms in total. The summed E-state index contributed by atoms with van der Waals surface area (Å²) in [6.45, 7) is 2.13. The molecule has 1 unspecified atom stereocenters. The molecule has 1 fully saturated rings. The summed E-state index contributed by atoms with van der Waals surface area (Å²) in [7, 11) is 0. The largest absolute Gasteiger partial charge is 0.573 e. The first-order valence-corrected chi connectivity index (χ1v) is 7.54. The third kappa shape index (κ3) is 9.12. The Balaban J connectivity index is 0.00000312. The van der Waals surface area contributed by atoms with Crippen molar-refractivity contribution in [3.05, 3.63) is 24.3 Å². The van der Waals surface area contributed by atoms with Crippen molar-refractivity contribution in [2.45, 2.75) is 25.3 Å². The van der Waals surface area contributed by atoms with Crippen LogP contribution in [0.2, 0.25) is 0 Å². The zero-order valence-corrected chi connectivity index (χ0v) is 15.8. The third-order valence-electron chi connectivity index (χ3n) is 3.21. The monoisotopic (exact) mass is 475 g/mol. The summed E-state index contributed by atoms with van der Waals surface area (Å²) in [6, 6.07) is 5.20. The van der Waals surface area contributed by atoms with Gasteiger partial charge in [0.1, 0.15) is 5.75 Å². The molecule has 0 aromatic heterocycles. The fourth-order valence-corrected chi connectivity index (χ4v) is 2.15. The number of hydrogen-bond donors (Lipinski definition) is 2. The normalized spacial score (nSPS) is 17.9. The van der Waals surface area contributed by atoms with Crippen LogP contribution in [-0.4, -0.2) is 44.8 Å². The number of benzene rings is 1. The van der Waals surface area contributed by atoms with E-state index in [1.54, 1.807) is 0 Å². The molecule has 25 heavy (non-hydrogen) atoms. The van der Waals surface area contributed by atoms with E-state index in [1.807, 2.05) is 0 Å². The van der Waals surface area contributed by atoms with Crippen molar-refractivity contribution in [3.63, 3.8) is 0 Å². The number of aliphatic imine (C=N–C) groups is 1. The van der Waals surface area contributed by atoms with Crippen molar-refractivity contribution in [1.29, 1.82) is 0 Å².